The van der Waals surface area contributed by atoms with Crippen LogP contribution in [0.4, 0.5) is 0 Å². The van der Waals surface area contributed by atoms with Crippen LogP contribution in [0.5, 0.6) is 17.2 Å². The number of halogens is 2. The molecule has 2 heterocycles. The molecule has 0 aliphatic carbocycles. The average molecular weight is 782 g/mol. The van der Waals surface area contributed by atoms with Gasteiger partial charge in [-0.25, -0.2) is 9.79 Å². The lowest BCUT2D eigenvalue weighted by Crippen LogP contribution is -2.40. The highest BCUT2D eigenvalue weighted by Gasteiger charge is 2.34. The minimum absolute atomic E-state index is 0.0781. The van der Waals surface area contributed by atoms with Crippen LogP contribution in [0.15, 0.2) is 84.6 Å². The number of allylic oxidation sites excluding steroid dienone is 1. The zero-order valence-corrected chi connectivity index (χ0v) is 30.3. The molecule has 242 valence electrons. The summed E-state index contributed by atoms with van der Waals surface area (Å²) in [5.74, 6) is 1.04. The first kappa shape index (κ1) is 34.2. The first-order chi connectivity index (χ1) is 22.6. The van der Waals surface area contributed by atoms with Crippen molar-refractivity contribution in [3.63, 3.8) is 0 Å². The normalized spacial score (nSPS) is 14.4. The van der Waals surface area contributed by atoms with Crippen molar-refractivity contribution in [3.05, 3.63) is 117 Å². The molecule has 0 amide bonds. The molecule has 1 aromatic heterocycles. The van der Waals surface area contributed by atoms with E-state index in [-0.39, 0.29) is 30.5 Å². The first-order valence-corrected chi connectivity index (χ1v) is 17.1. The van der Waals surface area contributed by atoms with Crippen molar-refractivity contribution in [2.24, 2.45) is 4.99 Å². The van der Waals surface area contributed by atoms with Crippen molar-refractivity contribution in [1.29, 1.82) is 5.26 Å². The van der Waals surface area contributed by atoms with Gasteiger partial charge in [0.2, 0.25) is 0 Å². The lowest BCUT2D eigenvalue weighted by molar-refractivity contribution is -0.139. The van der Waals surface area contributed by atoms with Crippen LogP contribution < -0.4 is 29.1 Å². The van der Waals surface area contributed by atoms with Crippen molar-refractivity contribution < 1.29 is 23.7 Å². The van der Waals surface area contributed by atoms with Crippen LogP contribution in [0, 0.1) is 11.3 Å². The Kier molecular flexibility index (Phi) is 10.7. The number of carbonyl (C=O) groups excluding carboxylic acids is 1. The van der Waals surface area contributed by atoms with Crippen LogP contribution >= 0.6 is 43.2 Å². The molecule has 0 spiro atoms. The molecule has 1 atom stereocenters. The van der Waals surface area contributed by atoms with E-state index in [0.717, 1.165) is 11.1 Å². The molecular formula is C35H31Br2N3O6S. The molecule has 1 aliphatic heterocycles. The Morgan fingerprint density at radius 3 is 2.51 bits per heavy atom. The van der Waals surface area contributed by atoms with Gasteiger partial charge in [-0.05, 0) is 107 Å². The summed E-state index contributed by atoms with van der Waals surface area (Å²) in [5.41, 5.74) is 3.12. The summed E-state index contributed by atoms with van der Waals surface area (Å²) in [7, 11) is 1.54. The molecule has 9 nitrogen and oxygen atoms in total. The fourth-order valence-electron chi connectivity index (χ4n) is 5.17. The third-order valence-electron chi connectivity index (χ3n) is 7.21. The number of hydrogen-bond acceptors (Lipinski definition) is 9. The number of aromatic nitrogens is 1. The Bertz CT molecular complexity index is 2090. The van der Waals surface area contributed by atoms with Crippen LogP contribution in [0.25, 0.3) is 6.08 Å². The van der Waals surface area contributed by atoms with Crippen LogP contribution in [0.1, 0.15) is 56.0 Å². The van der Waals surface area contributed by atoms with Gasteiger partial charge in [-0.2, -0.15) is 5.26 Å². The van der Waals surface area contributed by atoms with E-state index >= 15 is 0 Å². The Morgan fingerprint density at radius 1 is 1.13 bits per heavy atom. The van der Waals surface area contributed by atoms with E-state index in [9.17, 15) is 14.9 Å². The van der Waals surface area contributed by atoms with Gasteiger partial charge >= 0.3 is 5.97 Å². The molecule has 0 N–H and O–H groups in total. The van der Waals surface area contributed by atoms with Gasteiger partial charge in [0.1, 0.15) is 12.4 Å². The zero-order valence-electron chi connectivity index (χ0n) is 26.3. The highest BCUT2D eigenvalue weighted by atomic mass is 79.9. The van der Waals surface area contributed by atoms with Gasteiger partial charge in [0, 0.05) is 5.56 Å². The minimum atomic E-state index is -0.806. The minimum Gasteiger partial charge on any atom is -0.493 e. The zero-order chi connectivity index (χ0) is 33.8. The number of nitriles is 1. The fourth-order valence-corrected chi connectivity index (χ4v) is 7.67. The summed E-state index contributed by atoms with van der Waals surface area (Å²) in [6, 6.07) is 17.7. The largest absolute Gasteiger partial charge is 0.493 e. The summed E-state index contributed by atoms with van der Waals surface area (Å²) in [6.45, 7) is 7.69. The van der Waals surface area contributed by atoms with Gasteiger partial charge in [-0.1, -0.05) is 35.6 Å². The SMILES string of the molecule is CCOC(=O)C1=C(C)N=c2s/c(=C\c3cc(Br)c(OCc4ccccc4C#N)c(Br)c3)c(=O)n2[C@H]1c1ccc(OC(C)C)c(OC)c1. The van der Waals surface area contributed by atoms with Crippen LogP contribution in [-0.2, 0) is 16.1 Å². The number of ether oxygens (including phenoxy) is 4. The molecule has 1 aliphatic rings. The molecule has 0 saturated carbocycles. The first-order valence-electron chi connectivity index (χ1n) is 14.7. The molecule has 4 aromatic rings. The van der Waals surface area contributed by atoms with E-state index in [1.807, 2.05) is 50.2 Å². The van der Waals surface area contributed by atoms with E-state index in [1.54, 1.807) is 45.2 Å². The Balaban J connectivity index is 1.58. The summed E-state index contributed by atoms with van der Waals surface area (Å²) < 4.78 is 26.3. The number of thiazole rings is 1. The van der Waals surface area contributed by atoms with E-state index in [1.165, 1.54) is 15.9 Å². The van der Waals surface area contributed by atoms with Crippen molar-refractivity contribution in [3.8, 4) is 23.3 Å². The highest BCUT2D eigenvalue weighted by molar-refractivity contribution is 9.11. The van der Waals surface area contributed by atoms with E-state index in [4.69, 9.17) is 18.9 Å². The number of rotatable bonds is 10. The summed E-state index contributed by atoms with van der Waals surface area (Å²) in [6.07, 6.45) is 1.69. The van der Waals surface area contributed by atoms with Gasteiger partial charge in [-0.15, -0.1) is 0 Å². The fraction of sp³-hybridized carbons (Fsp3) is 0.257. The molecule has 0 unspecified atom stereocenters. The van der Waals surface area contributed by atoms with Gasteiger partial charge in [0.05, 0.1) is 62.2 Å². The summed E-state index contributed by atoms with van der Waals surface area (Å²) in [5, 5.41) is 9.41. The number of esters is 1. The van der Waals surface area contributed by atoms with Crippen LogP contribution in [0.2, 0.25) is 0 Å². The highest BCUT2D eigenvalue weighted by Crippen LogP contribution is 2.37. The van der Waals surface area contributed by atoms with Crippen molar-refractivity contribution in [2.45, 2.75) is 46.4 Å². The van der Waals surface area contributed by atoms with Crippen molar-refractivity contribution in [1.82, 2.24) is 4.57 Å². The smallest absolute Gasteiger partial charge is 0.338 e. The van der Waals surface area contributed by atoms with Crippen molar-refractivity contribution >= 4 is 55.2 Å². The predicted molar refractivity (Wildman–Crippen MR) is 186 cm³/mol. The van der Waals surface area contributed by atoms with E-state index in [0.29, 0.717) is 52.4 Å². The molecule has 47 heavy (non-hydrogen) atoms. The quantitative estimate of drug-likeness (QED) is 0.168. The molecule has 3 aromatic carbocycles. The average Bonchev–Trinajstić information content (AvgIpc) is 3.33. The molecule has 0 bridgehead atoms. The second-order valence-electron chi connectivity index (χ2n) is 10.8. The predicted octanol–water partition coefficient (Wildman–Crippen LogP) is 6.57. The molecular weight excluding hydrogens is 750 g/mol. The lowest BCUT2D eigenvalue weighted by atomic mass is 9.95. The number of fused-ring (bicyclic) bond motifs is 1. The molecule has 5 rings (SSSR count). The number of nitrogens with zero attached hydrogens (tertiary/aromatic N) is 3. The monoisotopic (exact) mass is 779 g/mol. The summed E-state index contributed by atoms with van der Waals surface area (Å²) in [4.78, 5) is 32.6. The third-order valence-corrected chi connectivity index (χ3v) is 9.37. The molecule has 0 radical (unpaired) electrons. The second-order valence-corrected chi connectivity index (χ2v) is 13.5. The van der Waals surface area contributed by atoms with Crippen molar-refractivity contribution in [2.75, 3.05) is 13.7 Å². The number of hydrogen-bond donors (Lipinski definition) is 0. The van der Waals surface area contributed by atoms with E-state index < -0.39 is 12.0 Å². The second kappa shape index (κ2) is 14.7. The van der Waals surface area contributed by atoms with Gasteiger partial charge < -0.3 is 18.9 Å². The summed E-state index contributed by atoms with van der Waals surface area (Å²) >= 11 is 8.42. The van der Waals surface area contributed by atoms with Crippen LogP contribution in [0.3, 0.4) is 0 Å². The maximum absolute atomic E-state index is 14.1. The number of methoxy groups -OCH3 is 1. The maximum atomic E-state index is 14.1. The molecule has 0 fully saturated rings. The number of benzene rings is 3. The maximum Gasteiger partial charge on any atom is 0.338 e. The lowest BCUT2D eigenvalue weighted by Gasteiger charge is -2.25. The van der Waals surface area contributed by atoms with Gasteiger partial charge in [0.25, 0.3) is 5.56 Å². The van der Waals surface area contributed by atoms with E-state index in [2.05, 4.69) is 42.9 Å². The molecule has 0 saturated heterocycles. The Morgan fingerprint density at radius 2 is 1.85 bits per heavy atom. The molecule has 12 heteroatoms. The van der Waals surface area contributed by atoms with Crippen LogP contribution in [-0.4, -0.2) is 30.4 Å². The van der Waals surface area contributed by atoms with Gasteiger partial charge in [0.15, 0.2) is 16.3 Å². The third kappa shape index (κ3) is 7.22. The Hall–Kier alpha value is -4.18. The van der Waals surface area contributed by atoms with Gasteiger partial charge in [-0.3, -0.25) is 9.36 Å². The Labute approximate surface area is 292 Å². The standard InChI is InChI=1S/C35H31Br2N3O6S/c1-6-44-34(42)30-20(4)39-35-40(31(30)22-11-12-27(46-19(2)3)28(16-22)43-5)33(41)29(47-35)15-21-13-25(36)32(26(37)14-21)45-18-24-10-8-7-9-23(24)17-38/h7-16,19,31H,6,18H2,1-5H3/b29-15-/t31-/m0/s1. The topological polar surface area (TPSA) is 112 Å². The number of carbonyl (C=O) groups is 1.